The van der Waals surface area contributed by atoms with Crippen molar-refractivity contribution in [3.8, 4) is 0 Å². The number of anilines is 1. The number of aryl methyl sites for hydroxylation is 1. The van der Waals surface area contributed by atoms with Gasteiger partial charge >= 0.3 is 0 Å². The summed E-state index contributed by atoms with van der Waals surface area (Å²) in [4.78, 5) is 6.38. The zero-order valence-corrected chi connectivity index (χ0v) is 27.8. The normalized spacial score (nSPS) is 18.1. The van der Waals surface area contributed by atoms with Gasteiger partial charge in [0, 0.05) is 43.7 Å². The fourth-order valence-corrected chi connectivity index (χ4v) is 11.3. The highest BCUT2D eigenvalue weighted by Gasteiger charge is 2.50. The Morgan fingerprint density at radius 1 is 1.07 bits per heavy atom. The third-order valence-electron chi connectivity index (χ3n) is 8.24. The first-order chi connectivity index (χ1) is 21.0. The lowest BCUT2D eigenvalue weighted by Gasteiger charge is -2.43. The highest BCUT2D eigenvalue weighted by Crippen LogP contribution is 2.41. The molecule has 1 aromatic heterocycles. The summed E-state index contributed by atoms with van der Waals surface area (Å²) in [5, 5.41) is 15.5. The number of aromatic nitrogens is 2. The number of nitrogens with zero attached hydrogens (tertiary/aromatic N) is 4. The van der Waals surface area contributed by atoms with Gasteiger partial charge in [-0.1, -0.05) is 98.2 Å². The maximum atomic E-state index is 16.3. The summed E-state index contributed by atoms with van der Waals surface area (Å²) in [5.74, 6) is -0.374. The summed E-state index contributed by atoms with van der Waals surface area (Å²) in [6, 6.07) is 22.4. The summed E-state index contributed by atoms with van der Waals surface area (Å²) in [6.45, 7) is 11.9. The van der Waals surface area contributed by atoms with Crippen LogP contribution in [-0.2, 0) is 22.8 Å². The molecule has 1 saturated heterocycles. The van der Waals surface area contributed by atoms with Crippen LogP contribution in [-0.4, -0.2) is 54.1 Å². The Balaban J connectivity index is 1.71. The standard InChI is InChI=1S/C34H40ClFN4O3Si/c1-23-20-40(21-24(2)43-23)32-25(19-28(30(36)29(32)35)31(38-41)33-37-17-18-39(33)6)22-42-44(34(3,4)5,26-13-9-7-10-14-26)27-15-11-8-12-16-27/h7-19,23-24,41H,20-22H2,1-6H3/t23-,24+. The Labute approximate surface area is 265 Å². The van der Waals surface area contributed by atoms with Crippen molar-refractivity contribution in [1.82, 2.24) is 9.55 Å². The third-order valence-corrected chi connectivity index (χ3v) is 13.6. The van der Waals surface area contributed by atoms with Crippen molar-refractivity contribution in [2.75, 3.05) is 18.0 Å². The molecular formula is C34H40ClFN4O3Si. The van der Waals surface area contributed by atoms with E-state index in [2.05, 4.69) is 60.1 Å². The SMILES string of the molecule is C[C@@H]1CN(c2c(CO[Si](c3ccccc3)(c3ccccc3)C(C)(C)C)cc(C(=NO)c3nccn3C)c(F)c2Cl)C[C@H](C)O1. The molecule has 0 amide bonds. The quantitative estimate of drug-likeness (QED) is 0.109. The van der Waals surface area contributed by atoms with Gasteiger partial charge in [0.1, 0.15) is 5.02 Å². The molecule has 1 fully saturated rings. The van der Waals surface area contributed by atoms with Crippen molar-refractivity contribution in [1.29, 1.82) is 0 Å². The van der Waals surface area contributed by atoms with Gasteiger partial charge in [0.15, 0.2) is 17.4 Å². The van der Waals surface area contributed by atoms with Crippen molar-refractivity contribution in [3.63, 3.8) is 0 Å². The molecule has 3 aromatic carbocycles. The van der Waals surface area contributed by atoms with Crippen LogP contribution in [0, 0.1) is 5.82 Å². The second kappa shape index (κ2) is 12.8. The predicted octanol–water partition coefficient (Wildman–Crippen LogP) is 6.13. The lowest BCUT2D eigenvalue weighted by atomic mass is 10.0. The number of hydrogen-bond acceptors (Lipinski definition) is 6. The molecule has 10 heteroatoms. The third kappa shape index (κ3) is 5.94. The molecule has 7 nitrogen and oxygen atoms in total. The summed E-state index contributed by atoms with van der Waals surface area (Å²) >= 11 is 6.94. The van der Waals surface area contributed by atoms with E-state index in [1.807, 2.05) is 50.2 Å². The molecular weight excluding hydrogens is 595 g/mol. The minimum Gasteiger partial charge on any atom is -0.410 e. The van der Waals surface area contributed by atoms with Gasteiger partial charge in [-0.3, -0.25) is 0 Å². The molecule has 0 saturated carbocycles. The van der Waals surface area contributed by atoms with Crippen molar-refractivity contribution in [2.24, 2.45) is 12.2 Å². The van der Waals surface area contributed by atoms with Crippen LogP contribution in [0.4, 0.5) is 10.1 Å². The largest absolute Gasteiger partial charge is 0.410 e. The zero-order chi connectivity index (χ0) is 31.6. The van der Waals surface area contributed by atoms with Crippen LogP contribution < -0.4 is 15.3 Å². The van der Waals surface area contributed by atoms with E-state index in [1.165, 1.54) is 0 Å². The van der Waals surface area contributed by atoms with Gasteiger partial charge in [-0.2, -0.15) is 0 Å². The van der Waals surface area contributed by atoms with Gasteiger partial charge in [0.05, 0.1) is 24.5 Å². The van der Waals surface area contributed by atoms with Gasteiger partial charge in [-0.15, -0.1) is 0 Å². The number of morpholine rings is 1. The van der Waals surface area contributed by atoms with Gasteiger partial charge in [0.2, 0.25) is 0 Å². The first-order valence-corrected chi connectivity index (χ1v) is 17.1. The van der Waals surface area contributed by atoms with Gasteiger partial charge in [-0.05, 0) is 35.3 Å². The van der Waals surface area contributed by atoms with Crippen molar-refractivity contribution < 1.29 is 18.8 Å². The van der Waals surface area contributed by atoms with E-state index < -0.39 is 14.1 Å². The van der Waals surface area contributed by atoms with E-state index in [4.69, 9.17) is 20.8 Å². The molecule has 0 unspecified atom stereocenters. The second-order valence-electron chi connectivity index (χ2n) is 12.5. The molecule has 5 rings (SSSR count). The summed E-state index contributed by atoms with van der Waals surface area (Å²) in [7, 11) is -1.20. The highest BCUT2D eigenvalue weighted by atomic mass is 35.5. The number of imidazole rings is 1. The van der Waals surface area contributed by atoms with Crippen molar-refractivity contribution >= 4 is 41.7 Å². The van der Waals surface area contributed by atoms with Gasteiger partial charge in [0.25, 0.3) is 8.32 Å². The van der Waals surface area contributed by atoms with E-state index in [9.17, 15) is 5.21 Å². The number of ether oxygens (including phenoxy) is 1. The van der Waals surface area contributed by atoms with Crippen LogP contribution >= 0.6 is 11.6 Å². The van der Waals surface area contributed by atoms with Gasteiger partial charge < -0.3 is 23.8 Å². The number of benzene rings is 3. The maximum absolute atomic E-state index is 16.3. The molecule has 1 aliphatic rings. The van der Waals surface area contributed by atoms with Gasteiger partial charge in [-0.25, -0.2) is 9.37 Å². The van der Waals surface area contributed by atoms with E-state index >= 15 is 4.39 Å². The molecule has 0 bridgehead atoms. The molecule has 0 spiro atoms. The second-order valence-corrected chi connectivity index (χ2v) is 17.2. The van der Waals surface area contributed by atoms with E-state index in [0.29, 0.717) is 30.2 Å². The molecule has 1 aliphatic heterocycles. The molecule has 44 heavy (non-hydrogen) atoms. The smallest absolute Gasteiger partial charge is 0.261 e. The Morgan fingerprint density at radius 2 is 1.64 bits per heavy atom. The molecule has 232 valence electrons. The molecule has 2 atom stereocenters. The molecule has 1 N–H and O–H groups in total. The van der Waals surface area contributed by atoms with E-state index in [1.54, 1.807) is 30.1 Å². The minimum atomic E-state index is -2.95. The number of halogens is 2. The Hall–Kier alpha value is -3.50. The summed E-state index contributed by atoms with van der Waals surface area (Å²) in [6.07, 6.45) is 3.12. The number of hydrogen-bond donors (Lipinski definition) is 1. The lowest BCUT2D eigenvalue weighted by molar-refractivity contribution is -0.00532. The Kier molecular flexibility index (Phi) is 9.32. The first kappa shape index (κ1) is 31.9. The number of oxime groups is 1. The van der Waals surface area contributed by atoms with Crippen LogP contribution in [0.5, 0.6) is 0 Å². The average molecular weight is 635 g/mol. The van der Waals surface area contributed by atoms with Crippen LogP contribution in [0.1, 0.15) is 51.6 Å². The predicted molar refractivity (Wildman–Crippen MR) is 177 cm³/mol. The molecule has 4 aromatic rings. The van der Waals surface area contributed by atoms with Crippen LogP contribution in [0.25, 0.3) is 0 Å². The van der Waals surface area contributed by atoms with Crippen LogP contribution in [0.2, 0.25) is 10.1 Å². The fourth-order valence-electron chi connectivity index (χ4n) is 6.41. The first-order valence-electron chi connectivity index (χ1n) is 14.8. The Bertz CT molecular complexity index is 1580. The summed E-state index contributed by atoms with van der Waals surface area (Å²) in [5.41, 5.74) is 1.28. The lowest BCUT2D eigenvalue weighted by Crippen LogP contribution is -2.66. The summed E-state index contributed by atoms with van der Waals surface area (Å²) < 4.78 is 31.3. The van der Waals surface area contributed by atoms with Crippen LogP contribution in [0.15, 0.2) is 84.3 Å². The fraction of sp³-hybridized carbons (Fsp3) is 0.353. The minimum absolute atomic E-state index is 0.0149. The Morgan fingerprint density at radius 3 is 2.11 bits per heavy atom. The molecule has 2 heterocycles. The highest BCUT2D eigenvalue weighted by molar-refractivity contribution is 6.99. The van der Waals surface area contributed by atoms with Crippen molar-refractivity contribution in [3.05, 3.63) is 107 Å². The van der Waals surface area contributed by atoms with Crippen molar-refractivity contribution in [2.45, 2.75) is 58.5 Å². The topological polar surface area (TPSA) is 72.1 Å². The zero-order valence-electron chi connectivity index (χ0n) is 26.1. The van der Waals surface area contributed by atoms with E-state index in [-0.39, 0.29) is 40.2 Å². The maximum Gasteiger partial charge on any atom is 0.261 e. The number of rotatable bonds is 8. The van der Waals surface area contributed by atoms with E-state index in [0.717, 1.165) is 10.4 Å². The average Bonchev–Trinajstić information content (AvgIpc) is 3.41. The molecule has 0 aliphatic carbocycles. The monoisotopic (exact) mass is 634 g/mol. The molecule has 0 radical (unpaired) electrons. The van der Waals surface area contributed by atoms with Crippen LogP contribution in [0.3, 0.4) is 0 Å².